The van der Waals surface area contributed by atoms with Gasteiger partial charge in [-0.25, -0.2) is 14.4 Å². The molecule has 0 unspecified atom stereocenters. The van der Waals surface area contributed by atoms with Crippen LogP contribution in [0.25, 0.3) is 0 Å². The van der Waals surface area contributed by atoms with Crippen LogP contribution in [0, 0.1) is 0 Å². The van der Waals surface area contributed by atoms with Crippen LogP contribution >= 0.6 is 0 Å². The van der Waals surface area contributed by atoms with E-state index in [-0.39, 0.29) is 37.7 Å². The number of benzene rings is 2. The second kappa shape index (κ2) is 15.5. The Morgan fingerprint density at radius 2 is 1.26 bits per heavy atom. The fraction of sp³-hybridized carbons (Fsp3) is 0.625. The summed E-state index contributed by atoms with van der Waals surface area (Å²) >= 11 is 0. The van der Waals surface area contributed by atoms with Crippen LogP contribution in [0.2, 0.25) is 18.1 Å². The zero-order valence-electron chi connectivity index (χ0n) is 33.0. The second-order valence-electron chi connectivity index (χ2n) is 17.4. The minimum atomic E-state index is -3.43. The van der Waals surface area contributed by atoms with E-state index in [1.807, 2.05) is 36.4 Å². The molecule has 2 heterocycles. The van der Waals surface area contributed by atoms with Crippen LogP contribution in [0.3, 0.4) is 0 Å². The van der Waals surface area contributed by atoms with Gasteiger partial charge in [0.2, 0.25) is 17.3 Å². The first-order valence-corrected chi connectivity index (χ1v) is 21.0. The molecule has 13 heteroatoms. The Labute approximate surface area is 314 Å². The Kier molecular flexibility index (Phi) is 12.5. The minimum absolute atomic E-state index is 0.0430. The van der Waals surface area contributed by atoms with Gasteiger partial charge in [0.25, 0.3) is 0 Å². The number of ether oxygens (including phenoxy) is 6. The van der Waals surface area contributed by atoms with Gasteiger partial charge in [0.05, 0.1) is 13.2 Å². The lowest BCUT2D eigenvalue weighted by molar-refractivity contribution is -0.379. The van der Waals surface area contributed by atoms with Crippen molar-refractivity contribution in [1.29, 1.82) is 0 Å². The van der Waals surface area contributed by atoms with E-state index in [1.165, 1.54) is 0 Å². The molecule has 2 aromatic carbocycles. The Morgan fingerprint density at radius 3 is 1.72 bits per heavy atom. The smallest absolute Gasteiger partial charge is 0.345 e. The first-order valence-electron chi connectivity index (χ1n) is 18.1. The quantitative estimate of drug-likeness (QED) is 0.126. The third kappa shape index (κ3) is 9.04. The Bertz CT molecular complexity index is 1580. The molecule has 12 nitrogen and oxygen atoms in total. The molecule has 2 fully saturated rings. The van der Waals surface area contributed by atoms with Crippen LogP contribution in [-0.2, 0) is 60.4 Å². The molecule has 53 heavy (non-hydrogen) atoms. The van der Waals surface area contributed by atoms with Crippen molar-refractivity contribution in [2.24, 2.45) is 0 Å². The predicted molar refractivity (Wildman–Crippen MR) is 198 cm³/mol. The number of hydrogen-bond acceptors (Lipinski definition) is 11. The topological polar surface area (TPSA) is 156 Å². The van der Waals surface area contributed by atoms with Crippen molar-refractivity contribution in [3.05, 3.63) is 71.8 Å². The number of fused-ring (bicyclic) bond motifs is 2. The van der Waals surface area contributed by atoms with Crippen LogP contribution < -0.4 is 0 Å². The van der Waals surface area contributed by atoms with Crippen LogP contribution in [-0.4, -0.2) is 89.5 Å². The molecule has 0 radical (unpaired) electrons. The van der Waals surface area contributed by atoms with E-state index in [2.05, 4.69) is 33.9 Å². The summed E-state index contributed by atoms with van der Waals surface area (Å²) in [5.74, 6) is -6.50. The van der Waals surface area contributed by atoms with Crippen molar-refractivity contribution in [3.63, 3.8) is 0 Å². The van der Waals surface area contributed by atoms with Gasteiger partial charge in [-0.05, 0) is 77.2 Å². The molecule has 0 aliphatic carbocycles. The maximum atomic E-state index is 14.8. The molecule has 2 aliphatic heterocycles. The molecule has 0 saturated carbocycles. The highest BCUT2D eigenvalue weighted by Crippen LogP contribution is 2.57. The van der Waals surface area contributed by atoms with Crippen LogP contribution in [0.5, 0.6) is 0 Å². The van der Waals surface area contributed by atoms with E-state index in [1.54, 1.807) is 65.8 Å². The molecule has 0 aromatic heterocycles. The monoisotopic (exact) mass is 758 g/mol. The Balaban J connectivity index is 1.96. The van der Waals surface area contributed by atoms with Gasteiger partial charge in [-0.15, -0.1) is 0 Å². The lowest BCUT2D eigenvalue weighted by atomic mass is 9.74. The Hall–Kier alpha value is -3.17. The molecule has 2 saturated heterocycles. The summed E-state index contributed by atoms with van der Waals surface area (Å²) in [6, 6.07) is 18.2. The summed E-state index contributed by atoms with van der Waals surface area (Å²) in [5, 5.41) is 23.5. The molecular weight excluding hydrogens is 701 g/mol. The molecule has 0 amide bonds. The van der Waals surface area contributed by atoms with Crippen molar-refractivity contribution >= 4 is 26.2 Å². The van der Waals surface area contributed by atoms with E-state index in [0.717, 1.165) is 5.56 Å². The predicted octanol–water partition coefficient (Wildman–Crippen LogP) is 6.32. The van der Waals surface area contributed by atoms with Crippen LogP contribution in [0.1, 0.15) is 86.3 Å². The molecule has 0 spiro atoms. The highest BCUT2D eigenvalue weighted by molar-refractivity contribution is 6.74. The fourth-order valence-corrected chi connectivity index (χ4v) is 7.35. The molecule has 2 bridgehead atoms. The summed E-state index contributed by atoms with van der Waals surface area (Å²) in [5.41, 5.74) is -7.23. The lowest BCUT2D eigenvalue weighted by Crippen LogP contribution is -2.78. The van der Waals surface area contributed by atoms with E-state index < -0.39 is 72.7 Å². The standard InChI is InChI=1S/C40H58O12Si/c1-35(2,3)50-32(41)31-39(45,33(42)43)40(34(44)51-36(4,5)6)30(47-26-28-21-16-13-17-22-28)29(46-25-27-19-14-12-15-20-27)38(49-31,52-40)23-18-24-48-53(10,11)37(7,8)9/h12-17,19-22,29-31,45H,18,23-26H2,1-11H3,(H,42,43)/t29-,30-,31-,38+,39-,40+/m1/s1. The van der Waals surface area contributed by atoms with Gasteiger partial charge >= 0.3 is 17.9 Å². The number of rotatable bonds is 14. The second-order valence-corrected chi connectivity index (χ2v) is 22.2. The van der Waals surface area contributed by atoms with Gasteiger partial charge in [0.15, 0.2) is 14.1 Å². The third-order valence-electron chi connectivity index (χ3n) is 9.84. The van der Waals surface area contributed by atoms with E-state index >= 15 is 0 Å². The zero-order chi connectivity index (χ0) is 39.7. The number of esters is 2. The number of aliphatic carboxylic acids is 1. The van der Waals surface area contributed by atoms with E-state index in [0.29, 0.717) is 5.56 Å². The summed E-state index contributed by atoms with van der Waals surface area (Å²) in [4.78, 5) is 42.5. The average Bonchev–Trinajstić information content (AvgIpc) is 3.28. The molecule has 294 valence electrons. The number of carbonyl (C=O) groups excluding carboxylic acids is 2. The average molecular weight is 759 g/mol. The summed E-state index contributed by atoms with van der Waals surface area (Å²) in [6.07, 6.45) is -5.12. The van der Waals surface area contributed by atoms with Crippen molar-refractivity contribution in [2.45, 2.75) is 153 Å². The molecule has 2 aliphatic rings. The van der Waals surface area contributed by atoms with Gasteiger partial charge in [0, 0.05) is 13.0 Å². The lowest BCUT2D eigenvalue weighted by Gasteiger charge is -2.50. The van der Waals surface area contributed by atoms with Crippen molar-refractivity contribution in [1.82, 2.24) is 0 Å². The zero-order valence-corrected chi connectivity index (χ0v) is 34.0. The first kappa shape index (κ1) is 42.6. The van der Waals surface area contributed by atoms with Gasteiger partial charge in [-0.1, -0.05) is 81.4 Å². The van der Waals surface area contributed by atoms with Gasteiger partial charge in [0.1, 0.15) is 23.4 Å². The largest absolute Gasteiger partial charge is 0.479 e. The highest BCUT2D eigenvalue weighted by atomic mass is 28.4. The molecular formula is C40H58O12Si. The van der Waals surface area contributed by atoms with Crippen LogP contribution in [0.4, 0.5) is 0 Å². The minimum Gasteiger partial charge on any atom is -0.479 e. The number of aliphatic hydroxyl groups is 1. The normalized spacial score (nSPS) is 27.7. The number of hydrogen-bond donors (Lipinski definition) is 2. The molecule has 2 N–H and O–H groups in total. The number of carboxylic acids is 1. The van der Waals surface area contributed by atoms with Crippen molar-refractivity contribution < 1.29 is 57.4 Å². The van der Waals surface area contributed by atoms with Crippen molar-refractivity contribution in [2.75, 3.05) is 6.61 Å². The van der Waals surface area contributed by atoms with Crippen LogP contribution in [0.15, 0.2) is 60.7 Å². The van der Waals surface area contributed by atoms with Gasteiger partial charge in [-0.3, -0.25) is 0 Å². The van der Waals surface area contributed by atoms with E-state index in [9.17, 15) is 24.6 Å². The molecule has 2 aromatic rings. The summed E-state index contributed by atoms with van der Waals surface area (Å²) in [7, 11) is -2.21. The summed E-state index contributed by atoms with van der Waals surface area (Å²) in [6.45, 7) is 20.2. The van der Waals surface area contributed by atoms with Gasteiger partial charge in [-0.2, -0.15) is 0 Å². The highest BCUT2D eigenvalue weighted by Gasteiger charge is 2.86. The van der Waals surface area contributed by atoms with Gasteiger partial charge < -0.3 is 43.1 Å². The molecule has 4 rings (SSSR count). The summed E-state index contributed by atoms with van der Waals surface area (Å²) < 4.78 is 44.2. The number of carbonyl (C=O) groups is 3. The SMILES string of the molecule is CC(C)(C)OC(=O)[C@H]1O[C@@]2(CCCO[Si](C)(C)C(C)(C)C)O[C@](C(=O)OC(C)(C)C)([C@H](OCc3ccccc3)[C@H]2OCc2ccccc2)[C@]1(O)C(=O)O. The number of carboxylic acid groups (broad SMARTS) is 1. The third-order valence-corrected chi connectivity index (χ3v) is 14.4. The maximum Gasteiger partial charge on any atom is 0.345 e. The Morgan fingerprint density at radius 1 is 0.774 bits per heavy atom. The maximum absolute atomic E-state index is 14.8. The van der Waals surface area contributed by atoms with E-state index in [4.69, 9.17) is 32.8 Å². The van der Waals surface area contributed by atoms with Crippen molar-refractivity contribution in [3.8, 4) is 0 Å². The molecule has 6 atom stereocenters. The fourth-order valence-electron chi connectivity index (χ4n) is 6.26. The first-order chi connectivity index (χ1) is 24.4.